The molecule has 1 N–H and O–H groups in total. The zero-order chi connectivity index (χ0) is 12.5. The third-order valence-electron chi connectivity index (χ3n) is 1.65. The van der Waals surface area contributed by atoms with Crippen molar-refractivity contribution >= 4 is 29.2 Å². The molecule has 0 aromatic carbocycles. The standard InChI is InChI=1S/C8H4Cl2F3NO2/c9-6-3(1-4(11)7(10)14-6)8(12,13)2-5(15)16/h1H,2H2,(H,15,16). The highest BCUT2D eigenvalue weighted by Gasteiger charge is 2.38. The molecule has 0 aliphatic rings. The Balaban J connectivity index is 3.22. The molecule has 0 aliphatic heterocycles. The number of pyridine rings is 1. The van der Waals surface area contributed by atoms with Gasteiger partial charge in [-0.2, -0.15) is 0 Å². The van der Waals surface area contributed by atoms with Crippen molar-refractivity contribution in [2.24, 2.45) is 0 Å². The molecule has 0 atom stereocenters. The molecule has 0 bridgehead atoms. The molecule has 0 amide bonds. The average molecular weight is 274 g/mol. The van der Waals surface area contributed by atoms with E-state index < -0.39 is 40.0 Å². The number of carboxylic acid groups (broad SMARTS) is 1. The summed E-state index contributed by atoms with van der Waals surface area (Å²) in [6, 6.07) is 0.376. The van der Waals surface area contributed by atoms with Crippen LogP contribution in [-0.2, 0) is 10.7 Å². The van der Waals surface area contributed by atoms with Gasteiger partial charge in [0.25, 0.3) is 5.92 Å². The second kappa shape index (κ2) is 4.47. The van der Waals surface area contributed by atoms with Crippen LogP contribution in [0.25, 0.3) is 0 Å². The van der Waals surface area contributed by atoms with Crippen molar-refractivity contribution in [1.82, 2.24) is 4.98 Å². The Kier molecular flexibility index (Phi) is 3.64. The van der Waals surface area contributed by atoms with Crippen LogP contribution in [0.2, 0.25) is 10.3 Å². The fraction of sp³-hybridized carbons (Fsp3) is 0.250. The maximum atomic E-state index is 13.3. The summed E-state index contributed by atoms with van der Waals surface area (Å²) in [6.45, 7) is 0. The van der Waals surface area contributed by atoms with Crippen molar-refractivity contribution in [3.63, 3.8) is 0 Å². The largest absolute Gasteiger partial charge is 0.481 e. The number of aromatic nitrogens is 1. The van der Waals surface area contributed by atoms with Gasteiger partial charge in [-0.15, -0.1) is 0 Å². The van der Waals surface area contributed by atoms with Crippen LogP contribution >= 0.6 is 23.2 Å². The van der Waals surface area contributed by atoms with E-state index in [2.05, 4.69) is 4.98 Å². The predicted molar refractivity (Wildman–Crippen MR) is 50.4 cm³/mol. The summed E-state index contributed by atoms with van der Waals surface area (Å²) in [6.07, 6.45) is -1.50. The van der Waals surface area contributed by atoms with Crippen molar-refractivity contribution in [2.45, 2.75) is 12.3 Å². The van der Waals surface area contributed by atoms with Gasteiger partial charge >= 0.3 is 5.97 Å². The van der Waals surface area contributed by atoms with Crippen LogP contribution in [0.5, 0.6) is 0 Å². The molecule has 0 aliphatic carbocycles. The van der Waals surface area contributed by atoms with Gasteiger partial charge in [-0.3, -0.25) is 4.79 Å². The van der Waals surface area contributed by atoms with Crippen LogP contribution in [0.1, 0.15) is 12.0 Å². The average Bonchev–Trinajstić information content (AvgIpc) is 2.08. The maximum Gasteiger partial charge on any atom is 0.309 e. The maximum absolute atomic E-state index is 13.3. The normalized spacial score (nSPS) is 11.6. The molecule has 3 nitrogen and oxygen atoms in total. The summed E-state index contributed by atoms with van der Waals surface area (Å²) < 4.78 is 39.4. The van der Waals surface area contributed by atoms with Crippen LogP contribution in [0.4, 0.5) is 13.2 Å². The summed E-state index contributed by atoms with van der Waals surface area (Å²) in [5, 5.41) is 6.88. The first-order chi connectivity index (χ1) is 7.24. The first kappa shape index (κ1) is 13.1. The minimum absolute atomic E-state index is 0.376. The first-order valence-electron chi connectivity index (χ1n) is 3.85. The van der Waals surface area contributed by atoms with Crippen molar-refractivity contribution in [1.29, 1.82) is 0 Å². The van der Waals surface area contributed by atoms with Gasteiger partial charge in [-0.05, 0) is 6.07 Å². The predicted octanol–water partition coefficient (Wildman–Crippen LogP) is 3.09. The third kappa shape index (κ3) is 2.76. The molecule has 16 heavy (non-hydrogen) atoms. The fourth-order valence-corrected chi connectivity index (χ4v) is 1.45. The molecule has 1 rings (SSSR count). The Morgan fingerprint density at radius 3 is 2.50 bits per heavy atom. The number of alkyl halides is 2. The molecule has 0 unspecified atom stereocenters. The Hall–Kier alpha value is -1.01. The van der Waals surface area contributed by atoms with Crippen LogP contribution in [0.15, 0.2) is 6.07 Å². The lowest BCUT2D eigenvalue weighted by atomic mass is 10.1. The van der Waals surface area contributed by atoms with E-state index in [0.717, 1.165) is 0 Å². The van der Waals surface area contributed by atoms with Gasteiger partial charge < -0.3 is 5.11 Å². The van der Waals surface area contributed by atoms with E-state index in [1.807, 2.05) is 0 Å². The molecule has 0 radical (unpaired) electrons. The smallest absolute Gasteiger partial charge is 0.309 e. The molecule has 1 heterocycles. The van der Waals surface area contributed by atoms with E-state index in [9.17, 15) is 18.0 Å². The Labute approximate surface area is 97.8 Å². The molecule has 0 fully saturated rings. The topological polar surface area (TPSA) is 50.2 Å². The first-order valence-corrected chi connectivity index (χ1v) is 4.61. The highest BCUT2D eigenvalue weighted by Crippen LogP contribution is 2.36. The van der Waals surface area contributed by atoms with Gasteiger partial charge in [0.05, 0.1) is 5.56 Å². The van der Waals surface area contributed by atoms with Crippen molar-refractivity contribution in [3.8, 4) is 0 Å². The minimum atomic E-state index is -3.80. The van der Waals surface area contributed by atoms with Gasteiger partial charge in [-0.25, -0.2) is 18.2 Å². The molecule has 0 saturated heterocycles. The number of nitrogens with zero attached hydrogens (tertiary/aromatic N) is 1. The van der Waals surface area contributed by atoms with Gasteiger partial charge in [0, 0.05) is 0 Å². The molecule has 0 spiro atoms. The lowest BCUT2D eigenvalue weighted by molar-refractivity contribution is -0.145. The van der Waals surface area contributed by atoms with E-state index in [1.165, 1.54) is 0 Å². The van der Waals surface area contributed by atoms with E-state index in [-0.39, 0.29) is 0 Å². The number of aliphatic carboxylic acids is 1. The number of halogens is 5. The molecule has 0 saturated carbocycles. The monoisotopic (exact) mass is 273 g/mol. The fourth-order valence-electron chi connectivity index (χ4n) is 0.987. The molecule has 8 heteroatoms. The van der Waals surface area contributed by atoms with E-state index >= 15 is 0 Å². The number of hydrogen-bond donors (Lipinski definition) is 1. The third-order valence-corrected chi connectivity index (χ3v) is 2.21. The van der Waals surface area contributed by atoms with Crippen LogP contribution in [0, 0.1) is 5.82 Å². The van der Waals surface area contributed by atoms with Gasteiger partial charge in [-0.1, -0.05) is 23.2 Å². The molecular formula is C8H4Cl2F3NO2. The molecule has 88 valence electrons. The van der Waals surface area contributed by atoms with Crippen LogP contribution in [0.3, 0.4) is 0 Å². The second-order valence-corrected chi connectivity index (χ2v) is 3.59. The molecular weight excluding hydrogens is 270 g/mol. The van der Waals surface area contributed by atoms with E-state index in [4.69, 9.17) is 28.3 Å². The Bertz CT molecular complexity index is 440. The summed E-state index contributed by atoms with van der Waals surface area (Å²) in [5.41, 5.74) is -1.00. The number of rotatable bonds is 3. The number of carbonyl (C=O) groups is 1. The van der Waals surface area contributed by atoms with Crippen LogP contribution in [-0.4, -0.2) is 16.1 Å². The van der Waals surface area contributed by atoms with Crippen LogP contribution < -0.4 is 0 Å². The zero-order valence-electron chi connectivity index (χ0n) is 7.48. The van der Waals surface area contributed by atoms with Crippen molar-refractivity contribution < 1.29 is 23.1 Å². The second-order valence-electron chi connectivity index (χ2n) is 2.87. The number of hydrogen-bond acceptors (Lipinski definition) is 2. The SMILES string of the molecule is O=C(O)CC(F)(F)c1cc(F)c(Cl)nc1Cl. The van der Waals surface area contributed by atoms with Crippen molar-refractivity contribution in [3.05, 3.63) is 27.8 Å². The molecule has 1 aromatic rings. The lowest BCUT2D eigenvalue weighted by Gasteiger charge is -2.15. The highest BCUT2D eigenvalue weighted by molar-refractivity contribution is 6.33. The quantitative estimate of drug-likeness (QED) is 0.861. The zero-order valence-corrected chi connectivity index (χ0v) is 8.99. The lowest BCUT2D eigenvalue weighted by Crippen LogP contribution is -2.19. The summed E-state index contributed by atoms with van der Waals surface area (Å²) in [5.74, 6) is -6.73. The summed E-state index contributed by atoms with van der Waals surface area (Å²) in [7, 11) is 0. The minimum Gasteiger partial charge on any atom is -0.481 e. The van der Waals surface area contributed by atoms with E-state index in [1.54, 1.807) is 0 Å². The summed E-state index contributed by atoms with van der Waals surface area (Å²) >= 11 is 10.5. The number of carboxylic acids is 1. The van der Waals surface area contributed by atoms with Gasteiger partial charge in [0.1, 0.15) is 11.6 Å². The Morgan fingerprint density at radius 1 is 1.44 bits per heavy atom. The summed E-state index contributed by atoms with van der Waals surface area (Å²) in [4.78, 5) is 13.3. The van der Waals surface area contributed by atoms with Crippen molar-refractivity contribution in [2.75, 3.05) is 0 Å². The van der Waals surface area contributed by atoms with E-state index in [0.29, 0.717) is 6.07 Å². The highest BCUT2D eigenvalue weighted by atomic mass is 35.5. The Morgan fingerprint density at radius 2 is 2.00 bits per heavy atom. The van der Waals surface area contributed by atoms with Gasteiger partial charge in [0.15, 0.2) is 11.0 Å². The van der Waals surface area contributed by atoms with Gasteiger partial charge in [0.2, 0.25) is 0 Å². The molecule has 1 aromatic heterocycles.